The van der Waals surface area contributed by atoms with E-state index in [2.05, 4.69) is 15.5 Å². The average Bonchev–Trinajstić information content (AvgIpc) is 3.06. The molecule has 0 saturated carbocycles. The summed E-state index contributed by atoms with van der Waals surface area (Å²) in [5.41, 5.74) is 4.63. The van der Waals surface area contributed by atoms with Gasteiger partial charge < -0.3 is 25.0 Å². The number of rotatable bonds is 6. The molecule has 2 atom stereocenters. The molecule has 0 aliphatic carbocycles. The van der Waals surface area contributed by atoms with E-state index in [1.165, 1.54) is 4.90 Å². The fourth-order valence-electron chi connectivity index (χ4n) is 2.72. The zero-order chi connectivity index (χ0) is 20.0. The van der Waals surface area contributed by atoms with Crippen LogP contribution in [0.3, 0.4) is 0 Å². The van der Waals surface area contributed by atoms with Crippen molar-refractivity contribution in [1.29, 1.82) is 0 Å². The molecule has 2 heterocycles. The summed E-state index contributed by atoms with van der Waals surface area (Å²) in [6.45, 7) is 8.46. The second-order valence-electron chi connectivity index (χ2n) is 7.46. The van der Waals surface area contributed by atoms with Gasteiger partial charge in [0.25, 0.3) is 0 Å². The Labute approximate surface area is 158 Å². The zero-order valence-corrected chi connectivity index (χ0v) is 16.4. The molecule has 0 radical (unpaired) electrons. The largest absolute Gasteiger partial charge is 0.444 e. The summed E-state index contributed by atoms with van der Waals surface area (Å²) in [6.07, 6.45) is 1.97. The van der Waals surface area contributed by atoms with Gasteiger partial charge in [-0.3, -0.25) is 4.90 Å². The van der Waals surface area contributed by atoms with Crippen molar-refractivity contribution in [3.05, 3.63) is 11.7 Å². The van der Waals surface area contributed by atoms with Crippen LogP contribution in [-0.2, 0) is 9.47 Å². The molecule has 1 aliphatic heterocycles. The summed E-state index contributed by atoms with van der Waals surface area (Å²) in [4.78, 5) is 29.7. The number of amides is 3. The Morgan fingerprint density at radius 3 is 2.81 bits per heavy atom. The number of aromatic nitrogens is 2. The van der Waals surface area contributed by atoms with Crippen LogP contribution in [0.15, 0.2) is 4.52 Å². The molecular formula is C17H29N5O5. The maximum Gasteiger partial charge on any atom is 0.411 e. The van der Waals surface area contributed by atoms with Gasteiger partial charge in [0.15, 0.2) is 5.82 Å². The summed E-state index contributed by atoms with van der Waals surface area (Å²) < 4.78 is 16.3. The Morgan fingerprint density at radius 2 is 2.19 bits per heavy atom. The lowest BCUT2D eigenvalue weighted by Crippen LogP contribution is -2.46. The highest BCUT2D eigenvalue weighted by Gasteiger charge is 2.35. The highest BCUT2D eigenvalue weighted by atomic mass is 16.6. The maximum absolute atomic E-state index is 12.5. The van der Waals surface area contributed by atoms with Crippen molar-refractivity contribution in [2.75, 3.05) is 19.8 Å². The summed E-state index contributed by atoms with van der Waals surface area (Å²) in [7, 11) is 0. The van der Waals surface area contributed by atoms with E-state index >= 15 is 0 Å². The molecule has 10 nitrogen and oxygen atoms in total. The Balaban J connectivity index is 2.17. The van der Waals surface area contributed by atoms with E-state index in [0.29, 0.717) is 25.4 Å². The first-order valence-corrected chi connectivity index (χ1v) is 9.18. The van der Waals surface area contributed by atoms with Crippen LogP contribution < -0.4 is 11.1 Å². The van der Waals surface area contributed by atoms with Gasteiger partial charge in [-0.15, -0.1) is 0 Å². The van der Waals surface area contributed by atoms with Crippen LogP contribution >= 0.6 is 0 Å². The number of hydrogen-bond acceptors (Lipinski definition) is 7. The first kappa shape index (κ1) is 20.9. The fourth-order valence-corrected chi connectivity index (χ4v) is 2.72. The van der Waals surface area contributed by atoms with Crippen LogP contribution in [0.25, 0.3) is 0 Å². The Morgan fingerprint density at radius 1 is 1.44 bits per heavy atom. The molecule has 2 rings (SSSR count). The number of carbonyl (C=O) groups excluding carboxylic acids is 2. The second-order valence-corrected chi connectivity index (χ2v) is 7.46. The summed E-state index contributed by atoms with van der Waals surface area (Å²) in [6, 6.07) is -1.65. The number of nitrogens with two attached hydrogens (primary N) is 1. The second kappa shape index (κ2) is 9.03. The minimum absolute atomic E-state index is 0.237. The third kappa shape index (κ3) is 6.09. The molecule has 1 saturated heterocycles. The lowest BCUT2D eigenvalue weighted by molar-refractivity contribution is -0.0354. The van der Waals surface area contributed by atoms with Crippen LogP contribution in [-0.4, -0.2) is 52.5 Å². The van der Waals surface area contributed by atoms with Crippen molar-refractivity contribution in [3.8, 4) is 0 Å². The van der Waals surface area contributed by atoms with E-state index in [1.807, 2.05) is 6.92 Å². The molecule has 3 amide bonds. The third-order valence-electron chi connectivity index (χ3n) is 3.97. The minimum Gasteiger partial charge on any atom is -0.444 e. The molecule has 0 aromatic carbocycles. The molecule has 1 aromatic heterocycles. The van der Waals surface area contributed by atoms with Crippen molar-refractivity contribution < 1.29 is 23.6 Å². The first-order valence-electron chi connectivity index (χ1n) is 9.18. The van der Waals surface area contributed by atoms with Crippen LogP contribution in [0.1, 0.15) is 70.8 Å². The van der Waals surface area contributed by atoms with E-state index in [-0.39, 0.29) is 12.5 Å². The number of morpholine rings is 1. The van der Waals surface area contributed by atoms with Gasteiger partial charge in [0.05, 0.1) is 13.2 Å². The van der Waals surface area contributed by atoms with Crippen molar-refractivity contribution in [2.45, 2.75) is 64.6 Å². The molecule has 0 bridgehead atoms. The number of ether oxygens (including phenoxy) is 2. The molecule has 1 aliphatic rings. The minimum atomic E-state index is -0.660. The summed E-state index contributed by atoms with van der Waals surface area (Å²) >= 11 is 0. The molecule has 0 spiro atoms. The predicted molar refractivity (Wildman–Crippen MR) is 95.8 cm³/mol. The van der Waals surface area contributed by atoms with Gasteiger partial charge in [-0.25, -0.2) is 9.59 Å². The summed E-state index contributed by atoms with van der Waals surface area (Å²) in [5, 5.41) is 6.62. The van der Waals surface area contributed by atoms with Crippen molar-refractivity contribution in [3.63, 3.8) is 0 Å². The topological polar surface area (TPSA) is 133 Å². The van der Waals surface area contributed by atoms with E-state index < -0.39 is 29.8 Å². The number of unbranched alkanes of at least 4 members (excludes halogenated alkanes) is 1. The van der Waals surface area contributed by atoms with Crippen molar-refractivity contribution in [1.82, 2.24) is 20.4 Å². The van der Waals surface area contributed by atoms with Crippen LogP contribution in [0, 0.1) is 0 Å². The number of urea groups is 1. The number of carbonyl (C=O) groups is 2. The van der Waals surface area contributed by atoms with Gasteiger partial charge in [0, 0.05) is 6.54 Å². The highest BCUT2D eigenvalue weighted by molar-refractivity contribution is 5.72. The normalized spacial score (nSPS) is 18.8. The highest BCUT2D eigenvalue weighted by Crippen LogP contribution is 2.26. The van der Waals surface area contributed by atoms with Gasteiger partial charge in [-0.2, -0.15) is 4.98 Å². The van der Waals surface area contributed by atoms with Gasteiger partial charge in [0.1, 0.15) is 17.7 Å². The number of nitrogens with one attached hydrogen (secondary N) is 1. The zero-order valence-electron chi connectivity index (χ0n) is 16.4. The molecule has 0 unspecified atom stereocenters. The first-order chi connectivity index (χ1) is 12.7. The lowest BCUT2D eigenvalue weighted by Gasteiger charge is -2.34. The quantitative estimate of drug-likeness (QED) is 0.770. The van der Waals surface area contributed by atoms with Crippen molar-refractivity contribution in [2.24, 2.45) is 5.73 Å². The third-order valence-corrected chi connectivity index (χ3v) is 3.97. The van der Waals surface area contributed by atoms with Crippen LogP contribution in [0.2, 0.25) is 0 Å². The summed E-state index contributed by atoms with van der Waals surface area (Å²) in [5.74, 6) is 0.565. The molecule has 152 valence electrons. The van der Waals surface area contributed by atoms with E-state index in [4.69, 9.17) is 19.7 Å². The number of hydrogen-bond donors (Lipinski definition) is 2. The number of primary amides is 1. The molecule has 1 aromatic rings. The molecule has 1 fully saturated rings. The van der Waals surface area contributed by atoms with Crippen molar-refractivity contribution >= 4 is 12.1 Å². The van der Waals surface area contributed by atoms with E-state index in [0.717, 1.165) is 12.8 Å². The van der Waals surface area contributed by atoms with E-state index in [1.54, 1.807) is 20.8 Å². The molecule has 3 N–H and O–H groups in total. The van der Waals surface area contributed by atoms with Crippen LogP contribution in [0.5, 0.6) is 0 Å². The molecular weight excluding hydrogens is 354 g/mol. The fraction of sp³-hybridized carbons (Fsp3) is 0.765. The van der Waals surface area contributed by atoms with Gasteiger partial charge in [0.2, 0.25) is 5.89 Å². The molecule has 27 heavy (non-hydrogen) atoms. The van der Waals surface area contributed by atoms with Gasteiger partial charge in [-0.1, -0.05) is 24.9 Å². The monoisotopic (exact) mass is 383 g/mol. The Hall–Kier alpha value is -2.36. The van der Waals surface area contributed by atoms with Crippen LogP contribution in [0.4, 0.5) is 9.59 Å². The van der Waals surface area contributed by atoms with Gasteiger partial charge >= 0.3 is 12.1 Å². The van der Waals surface area contributed by atoms with E-state index in [9.17, 15) is 9.59 Å². The predicted octanol–water partition coefficient (Wildman–Crippen LogP) is 2.28. The Bertz CT molecular complexity index is 642. The maximum atomic E-state index is 12.5. The standard InChI is InChI=1S/C17H29N5O5/c1-5-6-7-11(19-15(18)23)14-20-13(21-27-14)12-10-25-9-8-22(12)16(24)26-17(2,3)4/h11-12H,5-10H2,1-4H3,(H3,18,19,23)/t11-,12+/m1/s1. The molecule has 10 heteroatoms. The SMILES string of the molecule is CCCC[C@@H](NC(N)=O)c1nc([C@@H]2COCCN2C(=O)OC(C)(C)C)no1. The smallest absolute Gasteiger partial charge is 0.411 e. The van der Waals surface area contributed by atoms with Gasteiger partial charge in [-0.05, 0) is 27.2 Å². The Kier molecular flexibility index (Phi) is 7.00. The average molecular weight is 383 g/mol. The number of nitrogens with zero attached hydrogens (tertiary/aromatic N) is 3. The lowest BCUT2D eigenvalue weighted by atomic mass is 10.1.